The Morgan fingerprint density at radius 3 is 1.44 bits per heavy atom. The molecule has 2 aromatic heterocycles. The Bertz CT molecular complexity index is 1590. The zero-order chi connectivity index (χ0) is 31.6. The third kappa shape index (κ3) is 5.63. The molecule has 0 atom stereocenters. The molecule has 0 unspecified atom stereocenters. The van der Waals surface area contributed by atoms with Crippen molar-refractivity contribution >= 4 is 26.7 Å². The van der Waals surface area contributed by atoms with Crippen molar-refractivity contribution in [3.8, 4) is 11.1 Å². The Kier molecular flexibility index (Phi) is 8.07. The molecule has 0 amide bonds. The third-order valence-electron chi connectivity index (χ3n) is 14.0. The van der Waals surface area contributed by atoms with E-state index in [0.717, 1.165) is 64.8 Å². The maximum atomic E-state index is 4.96. The minimum Gasteiger partial charge on any atom is -0.256 e. The van der Waals surface area contributed by atoms with Crippen LogP contribution in [-0.4, -0.2) is 21.3 Å². The van der Waals surface area contributed by atoms with Crippen molar-refractivity contribution in [2.45, 2.75) is 87.9 Å². The average molecular weight is 669 g/mol. The van der Waals surface area contributed by atoms with Crippen LogP contribution < -0.4 is 10.9 Å². The Labute approximate surface area is 290 Å². The number of hydrogen-bond donors (Lipinski definition) is 0. The first-order valence-electron chi connectivity index (χ1n) is 19.2. The SMILES string of the molecule is c1ccc(-c2ccc(CP(C3C4CC5CC(C4)CC3C5)C3C4CC5CC(C4)CC3C5)c(CP(c3ccccn3)c3ccccn3)c2)cc1. The molecule has 0 saturated heterocycles. The molecule has 8 bridgehead atoms. The minimum absolute atomic E-state index is 0.0744. The average Bonchev–Trinajstić information content (AvgIpc) is 3.11. The largest absolute Gasteiger partial charge is 0.256 e. The van der Waals surface area contributed by atoms with Gasteiger partial charge < -0.3 is 0 Å². The van der Waals surface area contributed by atoms with Crippen LogP contribution in [0.1, 0.15) is 75.3 Å². The van der Waals surface area contributed by atoms with E-state index in [1.165, 1.54) is 28.2 Å². The quantitative estimate of drug-likeness (QED) is 0.166. The van der Waals surface area contributed by atoms with Crippen LogP contribution in [0.15, 0.2) is 97.3 Å². The second-order valence-corrected chi connectivity index (χ2v) is 21.5. The summed E-state index contributed by atoms with van der Waals surface area (Å²) in [6, 6.07) is 31.7. The molecule has 0 N–H and O–H groups in total. The molecular formula is C44H50N2P2. The molecule has 246 valence electrons. The number of nitrogens with zero attached hydrogens (tertiary/aromatic N) is 2. The standard InChI is InChI=1S/C44H50N2P2/c1-2-8-33(9-3-1)34-12-13-35(40(26-34)28-47(41-10-4-6-14-45-41)42-11-5-7-15-46-42)27-48(43-36-18-29-16-30(20-36)21-37(43)19-29)44-38-22-31-17-32(24-38)25-39(44)23-31/h1-15,26,29-32,36-39,43-44H,16-25,27-28H2. The highest BCUT2D eigenvalue weighted by molar-refractivity contribution is 7.71. The maximum absolute atomic E-state index is 4.96. The Morgan fingerprint density at radius 1 is 0.458 bits per heavy atom. The number of rotatable bonds is 9. The molecule has 48 heavy (non-hydrogen) atoms. The fourth-order valence-corrected chi connectivity index (χ4v) is 19.5. The van der Waals surface area contributed by atoms with E-state index in [0.29, 0.717) is 0 Å². The highest BCUT2D eigenvalue weighted by Crippen LogP contribution is 2.72. The summed E-state index contributed by atoms with van der Waals surface area (Å²) in [5.41, 5.74) is 10.4. The lowest BCUT2D eigenvalue weighted by atomic mass is 9.55. The van der Waals surface area contributed by atoms with Crippen LogP contribution in [-0.2, 0) is 12.3 Å². The van der Waals surface area contributed by atoms with Crippen LogP contribution >= 0.6 is 15.8 Å². The fourth-order valence-electron chi connectivity index (χ4n) is 12.7. The van der Waals surface area contributed by atoms with Crippen LogP contribution in [0.4, 0.5) is 0 Å². The maximum Gasteiger partial charge on any atom is 0.0695 e. The molecule has 8 saturated carbocycles. The van der Waals surface area contributed by atoms with Crippen molar-refractivity contribution < 1.29 is 0 Å². The Hall–Kier alpha value is -2.40. The van der Waals surface area contributed by atoms with Gasteiger partial charge in [0, 0.05) is 26.5 Å². The zero-order valence-corrected chi connectivity index (χ0v) is 30.1. The van der Waals surface area contributed by atoms with Crippen LogP contribution in [0.25, 0.3) is 11.1 Å². The molecule has 0 radical (unpaired) electrons. The number of aromatic nitrogens is 2. The Morgan fingerprint density at radius 2 is 0.958 bits per heavy atom. The van der Waals surface area contributed by atoms with Crippen LogP contribution in [0.2, 0.25) is 0 Å². The molecule has 0 aliphatic heterocycles. The van der Waals surface area contributed by atoms with Crippen molar-refractivity contribution in [1.82, 2.24) is 9.97 Å². The number of pyridine rings is 2. The summed E-state index contributed by atoms with van der Waals surface area (Å²) in [4.78, 5) is 9.92. The fraction of sp³-hybridized carbons (Fsp3) is 0.500. The summed E-state index contributed by atoms with van der Waals surface area (Å²) in [5, 5.41) is 0. The molecule has 2 nitrogen and oxygen atoms in total. The summed E-state index contributed by atoms with van der Waals surface area (Å²) < 4.78 is 0. The van der Waals surface area contributed by atoms with Gasteiger partial charge in [0.05, 0.1) is 10.9 Å². The molecule has 8 aliphatic rings. The lowest BCUT2D eigenvalue weighted by Gasteiger charge is -2.62. The molecule has 8 aliphatic carbocycles. The summed E-state index contributed by atoms with van der Waals surface area (Å²) in [5.74, 6) is 8.32. The third-order valence-corrected chi connectivity index (χ3v) is 20.2. The second kappa shape index (κ2) is 12.7. The van der Waals surface area contributed by atoms with E-state index in [1.54, 1.807) is 75.3 Å². The van der Waals surface area contributed by atoms with Gasteiger partial charge in [0.1, 0.15) is 0 Å². The first-order valence-corrected chi connectivity index (χ1v) is 22.4. The van der Waals surface area contributed by atoms with E-state index in [4.69, 9.17) is 9.97 Å². The predicted octanol–water partition coefficient (Wildman–Crippen LogP) is 10.4. The number of benzene rings is 2. The van der Waals surface area contributed by atoms with Gasteiger partial charge in [0.15, 0.2) is 0 Å². The van der Waals surface area contributed by atoms with E-state index in [9.17, 15) is 0 Å². The van der Waals surface area contributed by atoms with Crippen molar-refractivity contribution in [2.75, 3.05) is 0 Å². The van der Waals surface area contributed by atoms with Gasteiger partial charge in [-0.25, -0.2) is 0 Å². The predicted molar refractivity (Wildman–Crippen MR) is 203 cm³/mol. The van der Waals surface area contributed by atoms with E-state index in [2.05, 4.69) is 84.9 Å². The summed E-state index contributed by atoms with van der Waals surface area (Å²) >= 11 is 0. The van der Waals surface area contributed by atoms with E-state index in [1.807, 2.05) is 12.4 Å². The van der Waals surface area contributed by atoms with Gasteiger partial charge in [0.2, 0.25) is 0 Å². The van der Waals surface area contributed by atoms with Crippen molar-refractivity contribution in [2.24, 2.45) is 47.3 Å². The monoisotopic (exact) mass is 668 g/mol. The molecule has 4 heteroatoms. The second-order valence-electron chi connectivity index (χ2n) is 16.8. The van der Waals surface area contributed by atoms with Gasteiger partial charge in [-0.1, -0.05) is 68.6 Å². The highest BCUT2D eigenvalue weighted by Gasteiger charge is 2.56. The molecule has 4 aromatic rings. The molecule has 2 aromatic carbocycles. The summed E-state index contributed by atoms with van der Waals surface area (Å²) in [6.07, 6.45) is 22.0. The van der Waals surface area contributed by atoms with Crippen LogP contribution in [0.5, 0.6) is 0 Å². The smallest absolute Gasteiger partial charge is 0.0695 e. The van der Waals surface area contributed by atoms with Crippen LogP contribution in [0, 0.1) is 47.3 Å². The number of hydrogen-bond acceptors (Lipinski definition) is 2. The van der Waals surface area contributed by atoms with E-state index in [-0.39, 0.29) is 7.92 Å². The molecule has 0 spiro atoms. The topological polar surface area (TPSA) is 25.8 Å². The lowest BCUT2D eigenvalue weighted by molar-refractivity contribution is 0.0129. The summed E-state index contributed by atoms with van der Waals surface area (Å²) in [6.45, 7) is 0. The molecular weight excluding hydrogens is 618 g/mol. The molecule has 2 heterocycles. The molecule has 8 fully saturated rings. The van der Waals surface area contributed by atoms with Crippen LogP contribution in [0.3, 0.4) is 0 Å². The molecule has 12 rings (SSSR count). The van der Waals surface area contributed by atoms with Gasteiger partial charge in [-0.3, -0.25) is 9.97 Å². The lowest BCUT2D eigenvalue weighted by Crippen LogP contribution is -2.52. The van der Waals surface area contributed by atoms with E-state index < -0.39 is 7.92 Å². The van der Waals surface area contributed by atoms with Crippen molar-refractivity contribution in [3.63, 3.8) is 0 Å². The Balaban J connectivity index is 1.07. The van der Waals surface area contributed by atoms with E-state index >= 15 is 0 Å². The van der Waals surface area contributed by atoms with Crippen molar-refractivity contribution in [3.05, 3.63) is 108 Å². The van der Waals surface area contributed by atoms with Gasteiger partial charge in [0.25, 0.3) is 0 Å². The first kappa shape index (κ1) is 30.4. The highest BCUT2D eigenvalue weighted by atomic mass is 31.1. The normalized spacial score (nSPS) is 34.9. The van der Waals surface area contributed by atoms with Crippen molar-refractivity contribution in [1.29, 1.82) is 0 Å². The zero-order valence-electron chi connectivity index (χ0n) is 28.3. The van der Waals surface area contributed by atoms with Gasteiger partial charge >= 0.3 is 0 Å². The van der Waals surface area contributed by atoms with Gasteiger partial charge in [-0.05, 0) is 176 Å². The van der Waals surface area contributed by atoms with Gasteiger partial charge in [-0.2, -0.15) is 0 Å². The van der Waals surface area contributed by atoms with Gasteiger partial charge in [-0.15, -0.1) is 0 Å². The first-order chi connectivity index (χ1) is 23.7. The summed E-state index contributed by atoms with van der Waals surface area (Å²) in [7, 11) is -0.788. The minimum atomic E-state index is -0.713.